The van der Waals surface area contributed by atoms with Crippen LogP contribution in [0.4, 0.5) is 0 Å². The van der Waals surface area contributed by atoms with Gasteiger partial charge in [-0.1, -0.05) is 35.9 Å². The van der Waals surface area contributed by atoms with Gasteiger partial charge in [0.05, 0.1) is 13.7 Å². The molecule has 2 rings (SSSR count). The molecule has 23 heavy (non-hydrogen) atoms. The molecular formula is C18H23ClNO3-. The smallest absolute Gasteiger partial charge is 0.161 e. The number of hydrogen-bond donors (Lipinski definition) is 2. The van der Waals surface area contributed by atoms with Crippen molar-refractivity contribution in [1.82, 2.24) is 5.32 Å². The lowest BCUT2D eigenvalue weighted by atomic mass is 10.1. The van der Waals surface area contributed by atoms with Gasteiger partial charge in [0.15, 0.2) is 11.5 Å². The van der Waals surface area contributed by atoms with E-state index in [0.717, 1.165) is 22.6 Å². The lowest BCUT2D eigenvalue weighted by molar-refractivity contribution is -0.00000623. The van der Waals surface area contributed by atoms with Crippen LogP contribution in [-0.2, 0) is 13.2 Å². The van der Waals surface area contributed by atoms with E-state index in [9.17, 15) is 0 Å². The highest BCUT2D eigenvalue weighted by Gasteiger charge is 2.06. The van der Waals surface area contributed by atoms with Crippen molar-refractivity contribution in [2.75, 3.05) is 20.3 Å². The molecule has 2 aromatic carbocycles. The number of aryl methyl sites for hydroxylation is 1. The van der Waals surface area contributed by atoms with Crippen molar-refractivity contribution < 1.29 is 27.0 Å². The third kappa shape index (κ3) is 6.10. The van der Waals surface area contributed by atoms with Crippen molar-refractivity contribution in [3.63, 3.8) is 0 Å². The van der Waals surface area contributed by atoms with Crippen molar-refractivity contribution in [3.8, 4) is 11.5 Å². The first kappa shape index (κ1) is 19.3. The number of halogens is 1. The Kier molecular flexibility index (Phi) is 8.48. The maximum atomic E-state index is 8.78. The molecule has 0 fully saturated rings. The molecule has 0 atom stereocenters. The van der Waals surface area contributed by atoms with Crippen LogP contribution in [-0.4, -0.2) is 25.4 Å². The molecule has 4 nitrogen and oxygen atoms in total. The molecule has 0 saturated heterocycles. The molecule has 0 amide bonds. The summed E-state index contributed by atoms with van der Waals surface area (Å²) in [5.41, 5.74) is 3.45. The first-order valence-electron chi connectivity index (χ1n) is 7.40. The van der Waals surface area contributed by atoms with Crippen LogP contribution in [0.25, 0.3) is 0 Å². The molecule has 0 heterocycles. The molecule has 2 N–H and O–H groups in total. The van der Waals surface area contributed by atoms with Crippen LogP contribution in [0.15, 0.2) is 42.5 Å². The molecule has 0 saturated carbocycles. The molecule has 126 valence electrons. The summed E-state index contributed by atoms with van der Waals surface area (Å²) in [5, 5.41) is 11.9. The summed E-state index contributed by atoms with van der Waals surface area (Å²) in [6.07, 6.45) is 0. The Hall–Kier alpha value is -1.75. The van der Waals surface area contributed by atoms with Gasteiger partial charge in [0, 0.05) is 13.1 Å². The number of rotatable bonds is 8. The van der Waals surface area contributed by atoms with E-state index in [0.29, 0.717) is 19.7 Å². The highest BCUT2D eigenvalue weighted by atomic mass is 35.5. The second-order valence-corrected chi connectivity index (χ2v) is 5.16. The average Bonchev–Trinajstić information content (AvgIpc) is 2.53. The monoisotopic (exact) mass is 336 g/mol. The summed E-state index contributed by atoms with van der Waals surface area (Å²) < 4.78 is 11.3. The van der Waals surface area contributed by atoms with E-state index >= 15 is 0 Å². The minimum Gasteiger partial charge on any atom is -1.00 e. The number of methoxy groups -OCH3 is 1. The Morgan fingerprint density at radius 3 is 2.57 bits per heavy atom. The Bertz CT molecular complexity index is 605. The molecular weight excluding hydrogens is 314 g/mol. The van der Waals surface area contributed by atoms with Gasteiger partial charge in [0.2, 0.25) is 0 Å². The zero-order chi connectivity index (χ0) is 15.8. The van der Waals surface area contributed by atoms with Gasteiger partial charge in [-0.2, -0.15) is 0 Å². The van der Waals surface area contributed by atoms with Crippen LogP contribution in [0, 0.1) is 6.92 Å². The number of aliphatic hydroxyl groups excluding tert-OH is 1. The maximum Gasteiger partial charge on any atom is 0.161 e. The van der Waals surface area contributed by atoms with E-state index in [-0.39, 0.29) is 19.0 Å². The van der Waals surface area contributed by atoms with E-state index in [1.165, 1.54) is 5.56 Å². The first-order valence-corrected chi connectivity index (χ1v) is 7.40. The fraction of sp³-hybridized carbons (Fsp3) is 0.333. The maximum absolute atomic E-state index is 8.78. The lowest BCUT2D eigenvalue weighted by Crippen LogP contribution is -3.00. The molecule has 0 aromatic heterocycles. The fourth-order valence-corrected chi connectivity index (χ4v) is 2.22. The molecule has 0 bridgehead atoms. The zero-order valence-electron chi connectivity index (χ0n) is 13.5. The predicted octanol–water partition coefficient (Wildman–Crippen LogP) is -0.331. The third-order valence-electron chi connectivity index (χ3n) is 3.32. The summed E-state index contributed by atoms with van der Waals surface area (Å²) in [5.74, 6) is 1.45. The van der Waals surface area contributed by atoms with Crippen molar-refractivity contribution in [2.24, 2.45) is 0 Å². The van der Waals surface area contributed by atoms with E-state index < -0.39 is 0 Å². The second-order valence-electron chi connectivity index (χ2n) is 5.16. The number of nitrogens with one attached hydrogen (secondary N) is 1. The van der Waals surface area contributed by atoms with Crippen LogP contribution >= 0.6 is 0 Å². The molecule has 0 spiro atoms. The molecule has 0 radical (unpaired) electrons. The fourth-order valence-electron chi connectivity index (χ4n) is 2.22. The van der Waals surface area contributed by atoms with Crippen LogP contribution in [0.2, 0.25) is 0 Å². The van der Waals surface area contributed by atoms with Gasteiger partial charge in [-0.15, -0.1) is 0 Å². The van der Waals surface area contributed by atoms with Crippen LogP contribution in [0.5, 0.6) is 11.5 Å². The van der Waals surface area contributed by atoms with Gasteiger partial charge in [0.25, 0.3) is 0 Å². The van der Waals surface area contributed by atoms with Crippen molar-refractivity contribution in [3.05, 3.63) is 59.2 Å². The molecule has 2 aromatic rings. The van der Waals surface area contributed by atoms with Gasteiger partial charge in [-0.3, -0.25) is 0 Å². The lowest BCUT2D eigenvalue weighted by Gasteiger charge is -2.13. The van der Waals surface area contributed by atoms with Gasteiger partial charge < -0.3 is 32.3 Å². The highest BCUT2D eigenvalue weighted by molar-refractivity contribution is 5.43. The topological polar surface area (TPSA) is 50.7 Å². The molecule has 0 aliphatic heterocycles. The standard InChI is InChI=1S/C18H23NO3.ClH/c1-14-4-3-5-16(10-14)13-22-17-7-6-15(11-18(17)21-2)12-19-8-9-20;/h3-7,10-11,19-20H,8-9,12-13H2,1-2H3;1H/p-1. The SMILES string of the molecule is COc1cc(CNCCO)ccc1OCc1cccc(C)c1.[Cl-]. The Balaban J connectivity index is 0.00000264. The van der Waals surface area contributed by atoms with E-state index in [1.807, 2.05) is 30.3 Å². The minimum absolute atomic E-state index is 0. The van der Waals surface area contributed by atoms with Gasteiger partial charge in [0.1, 0.15) is 6.61 Å². The van der Waals surface area contributed by atoms with Crippen molar-refractivity contribution in [2.45, 2.75) is 20.1 Å². The summed E-state index contributed by atoms with van der Waals surface area (Å²) in [6.45, 7) is 3.98. The Labute approximate surface area is 143 Å². The second kappa shape index (κ2) is 10.1. The number of ether oxygens (including phenoxy) is 2. The highest BCUT2D eigenvalue weighted by Crippen LogP contribution is 2.28. The molecule has 0 aliphatic rings. The zero-order valence-corrected chi connectivity index (χ0v) is 14.3. The van der Waals surface area contributed by atoms with Gasteiger partial charge in [-0.25, -0.2) is 0 Å². The Morgan fingerprint density at radius 2 is 1.87 bits per heavy atom. The predicted molar refractivity (Wildman–Crippen MR) is 87.3 cm³/mol. The van der Waals surface area contributed by atoms with Crippen LogP contribution < -0.4 is 27.2 Å². The Morgan fingerprint density at radius 1 is 1.04 bits per heavy atom. The van der Waals surface area contributed by atoms with Crippen LogP contribution in [0.1, 0.15) is 16.7 Å². The number of aliphatic hydroxyl groups is 1. The molecule has 0 unspecified atom stereocenters. The normalized spacial score (nSPS) is 10.0. The van der Waals surface area contributed by atoms with E-state index in [1.54, 1.807) is 7.11 Å². The first-order chi connectivity index (χ1) is 10.7. The van der Waals surface area contributed by atoms with E-state index in [2.05, 4.69) is 24.4 Å². The third-order valence-corrected chi connectivity index (χ3v) is 3.32. The van der Waals surface area contributed by atoms with Crippen molar-refractivity contribution in [1.29, 1.82) is 0 Å². The summed E-state index contributed by atoms with van der Waals surface area (Å²) >= 11 is 0. The summed E-state index contributed by atoms with van der Waals surface area (Å²) in [6, 6.07) is 14.1. The van der Waals surface area contributed by atoms with Gasteiger partial charge in [-0.05, 0) is 30.2 Å². The number of hydrogen-bond acceptors (Lipinski definition) is 4. The summed E-state index contributed by atoms with van der Waals surface area (Å²) in [4.78, 5) is 0. The number of benzene rings is 2. The largest absolute Gasteiger partial charge is 1.00 e. The minimum atomic E-state index is 0. The quantitative estimate of drug-likeness (QED) is 0.648. The van der Waals surface area contributed by atoms with Crippen LogP contribution in [0.3, 0.4) is 0 Å². The van der Waals surface area contributed by atoms with Gasteiger partial charge >= 0.3 is 0 Å². The average molecular weight is 337 g/mol. The summed E-state index contributed by atoms with van der Waals surface area (Å²) in [7, 11) is 1.64. The molecule has 0 aliphatic carbocycles. The molecule has 5 heteroatoms. The van der Waals surface area contributed by atoms with Crippen molar-refractivity contribution >= 4 is 0 Å². The van der Waals surface area contributed by atoms with E-state index in [4.69, 9.17) is 14.6 Å².